The van der Waals surface area contributed by atoms with Crippen molar-refractivity contribution in [1.82, 2.24) is 5.32 Å². The van der Waals surface area contributed by atoms with E-state index in [0.29, 0.717) is 0 Å². The Morgan fingerprint density at radius 3 is 2.78 bits per heavy atom. The quantitative estimate of drug-likeness (QED) is 0.449. The zero-order chi connectivity index (χ0) is 6.95. The Labute approximate surface area is 61.5 Å². The van der Waals surface area contributed by atoms with Crippen molar-refractivity contribution in [2.24, 2.45) is 0 Å². The van der Waals surface area contributed by atoms with Crippen LogP contribution >= 0.6 is 11.6 Å². The molecule has 0 atom stereocenters. The fraction of sp³-hybridized carbons (Fsp3) is 1.00. The molecule has 0 fully saturated rings. The topological polar surface area (TPSA) is 21.3 Å². The number of rotatable bonds is 6. The van der Waals surface area contributed by atoms with Crippen molar-refractivity contribution < 1.29 is 4.74 Å². The fourth-order valence-electron chi connectivity index (χ4n) is 0.491. The second kappa shape index (κ2) is 8.21. The third kappa shape index (κ3) is 8.21. The molecule has 0 rings (SSSR count). The van der Waals surface area contributed by atoms with Crippen LogP contribution in [-0.4, -0.2) is 32.7 Å². The van der Waals surface area contributed by atoms with Gasteiger partial charge in [0.05, 0.1) is 6.61 Å². The third-order valence-corrected chi connectivity index (χ3v) is 1.24. The lowest BCUT2D eigenvalue weighted by molar-refractivity contribution is 0.199. The van der Waals surface area contributed by atoms with E-state index in [2.05, 4.69) is 5.32 Å². The molecule has 3 heteroatoms. The Bertz CT molecular complexity index is 46.3. The molecule has 2 nitrogen and oxygen atoms in total. The Hall–Kier alpha value is 0.210. The summed E-state index contributed by atoms with van der Waals surface area (Å²) in [6, 6.07) is 0. The molecule has 0 radical (unpaired) electrons. The minimum absolute atomic E-state index is 0.736. The van der Waals surface area contributed by atoms with Gasteiger partial charge in [0.25, 0.3) is 0 Å². The maximum Gasteiger partial charge on any atom is 0.0587 e. The largest absolute Gasteiger partial charge is 0.383 e. The summed E-state index contributed by atoms with van der Waals surface area (Å²) in [4.78, 5) is 0. The normalized spacial score (nSPS) is 10.0. The molecular weight excluding hydrogens is 138 g/mol. The van der Waals surface area contributed by atoms with E-state index in [4.69, 9.17) is 16.3 Å². The van der Waals surface area contributed by atoms with Gasteiger partial charge in [-0.25, -0.2) is 0 Å². The summed E-state index contributed by atoms with van der Waals surface area (Å²) in [7, 11) is 1.70. The molecule has 0 aromatic heterocycles. The summed E-state index contributed by atoms with van der Waals surface area (Å²) in [6.07, 6.45) is 1.03. The van der Waals surface area contributed by atoms with Crippen LogP contribution in [0.15, 0.2) is 0 Å². The third-order valence-electron chi connectivity index (χ3n) is 0.970. The molecule has 0 bridgehead atoms. The molecule has 0 aliphatic heterocycles. The summed E-state index contributed by atoms with van der Waals surface area (Å²) < 4.78 is 4.83. The highest BCUT2D eigenvalue weighted by molar-refractivity contribution is 6.17. The minimum atomic E-state index is 0.736. The van der Waals surface area contributed by atoms with Crippen LogP contribution in [0.3, 0.4) is 0 Å². The Morgan fingerprint density at radius 2 is 2.22 bits per heavy atom. The Morgan fingerprint density at radius 1 is 1.44 bits per heavy atom. The molecule has 1 N–H and O–H groups in total. The number of ether oxygens (including phenoxy) is 1. The van der Waals surface area contributed by atoms with Crippen molar-refractivity contribution in [3.63, 3.8) is 0 Å². The van der Waals surface area contributed by atoms with Gasteiger partial charge >= 0.3 is 0 Å². The van der Waals surface area contributed by atoms with Crippen LogP contribution in [0, 0.1) is 0 Å². The highest BCUT2D eigenvalue weighted by Crippen LogP contribution is 1.79. The molecular formula is C6H14ClNO. The fourth-order valence-corrected chi connectivity index (χ4v) is 0.625. The van der Waals surface area contributed by atoms with Crippen molar-refractivity contribution in [2.45, 2.75) is 6.42 Å². The van der Waals surface area contributed by atoms with Crippen molar-refractivity contribution in [3.05, 3.63) is 0 Å². The highest BCUT2D eigenvalue weighted by atomic mass is 35.5. The molecule has 0 saturated heterocycles. The summed E-state index contributed by atoms with van der Waals surface area (Å²) >= 11 is 5.44. The van der Waals surface area contributed by atoms with Crippen LogP contribution in [-0.2, 0) is 4.74 Å². The van der Waals surface area contributed by atoms with Crippen LogP contribution in [0.5, 0.6) is 0 Å². The Balaban J connectivity index is 2.60. The van der Waals surface area contributed by atoms with Crippen LogP contribution in [0.4, 0.5) is 0 Å². The lowest BCUT2D eigenvalue weighted by atomic mass is 10.5. The van der Waals surface area contributed by atoms with Crippen LogP contribution < -0.4 is 5.32 Å². The van der Waals surface area contributed by atoms with Crippen LogP contribution in [0.25, 0.3) is 0 Å². The molecule has 0 aliphatic rings. The molecule has 0 saturated carbocycles. The second-order valence-electron chi connectivity index (χ2n) is 1.79. The maximum atomic E-state index is 5.44. The van der Waals surface area contributed by atoms with Gasteiger partial charge in [0.15, 0.2) is 0 Å². The van der Waals surface area contributed by atoms with Gasteiger partial charge in [-0.15, -0.1) is 11.6 Å². The number of alkyl halides is 1. The zero-order valence-electron chi connectivity index (χ0n) is 5.82. The molecule has 0 spiro atoms. The average Bonchev–Trinajstić information content (AvgIpc) is 1.89. The first kappa shape index (κ1) is 9.21. The minimum Gasteiger partial charge on any atom is -0.383 e. The van der Waals surface area contributed by atoms with Gasteiger partial charge < -0.3 is 10.1 Å². The monoisotopic (exact) mass is 151 g/mol. The number of hydrogen-bond donors (Lipinski definition) is 1. The van der Waals surface area contributed by atoms with E-state index in [-0.39, 0.29) is 0 Å². The predicted octanol–water partition coefficient (Wildman–Crippen LogP) is 0.851. The summed E-state index contributed by atoms with van der Waals surface area (Å²) in [5.74, 6) is 0.736. The van der Waals surface area contributed by atoms with E-state index >= 15 is 0 Å². The molecule has 0 aromatic carbocycles. The van der Waals surface area contributed by atoms with E-state index in [1.807, 2.05) is 0 Å². The molecule has 0 aromatic rings. The SMILES string of the molecule is COCCNCCCCl. The van der Waals surface area contributed by atoms with Gasteiger partial charge in [-0.3, -0.25) is 0 Å². The van der Waals surface area contributed by atoms with Gasteiger partial charge in [-0.2, -0.15) is 0 Å². The smallest absolute Gasteiger partial charge is 0.0587 e. The van der Waals surface area contributed by atoms with Gasteiger partial charge in [0.2, 0.25) is 0 Å². The highest BCUT2D eigenvalue weighted by Gasteiger charge is 1.83. The van der Waals surface area contributed by atoms with Crippen LogP contribution in [0.1, 0.15) is 6.42 Å². The first-order valence-electron chi connectivity index (χ1n) is 3.17. The average molecular weight is 152 g/mol. The van der Waals surface area contributed by atoms with Crippen molar-refractivity contribution in [3.8, 4) is 0 Å². The van der Waals surface area contributed by atoms with E-state index < -0.39 is 0 Å². The second-order valence-corrected chi connectivity index (χ2v) is 2.16. The van der Waals surface area contributed by atoms with Crippen molar-refractivity contribution in [2.75, 3.05) is 32.7 Å². The zero-order valence-corrected chi connectivity index (χ0v) is 6.58. The molecule has 56 valence electrons. The van der Waals surface area contributed by atoms with E-state index in [1.54, 1.807) is 7.11 Å². The Kier molecular flexibility index (Phi) is 8.40. The summed E-state index contributed by atoms with van der Waals surface area (Å²) in [5, 5.41) is 3.18. The van der Waals surface area contributed by atoms with E-state index in [9.17, 15) is 0 Å². The van der Waals surface area contributed by atoms with Gasteiger partial charge in [-0.1, -0.05) is 0 Å². The molecule has 9 heavy (non-hydrogen) atoms. The van der Waals surface area contributed by atoms with Gasteiger partial charge in [0.1, 0.15) is 0 Å². The molecule has 0 heterocycles. The van der Waals surface area contributed by atoms with Gasteiger partial charge in [0, 0.05) is 19.5 Å². The lowest BCUT2D eigenvalue weighted by Gasteiger charge is -2.00. The number of halogens is 1. The van der Waals surface area contributed by atoms with E-state index in [1.165, 1.54) is 0 Å². The lowest BCUT2D eigenvalue weighted by Crippen LogP contribution is -2.20. The number of methoxy groups -OCH3 is 1. The van der Waals surface area contributed by atoms with Crippen molar-refractivity contribution >= 4 is 11.6 Å². The van der Waals surface area contributed by atoms with Gasteiger partial charge in [-0.05, 0) is 13.0 Å². The van der Waals surface area contributed by atoms with Crippen molar-refractivity contribution in [1.29, 1.82) is 0 Å². The summed E-state index contributed by atoms with van der Waals surface area (Å²) in [6.45, 7) is 2.70. The first-order chi connectivity index (χ1) is 4.41. The van der Waals surface area contributed by atoms with E-state index in [0.717, 1.165) is 32.0 Å². The maximum absolute atomic E-state index is 5.44. The van der Waals surface area contributed by atoms with Crippen LogP contribution in [0.2, 0.25) is 0 Å². The number of nitrogens with one attached hydrogen (secondary N) is 1. The standard InChI is InChI=1S/C6H14ClNO/c1-9-6-5-8-4-2-3-7/h8H,2-6H2,1H3. The molecule has 0 unspecified atom stereocenters. The predicted molar refractivity (Wildman–Crippen MR) is 40.1 cm³/mol. The number of hydrogen-bond acceptors (Lipinski definition) is 2. The first-order valence-corrected chi connectivity index (χ1v) is 3.71. The molecule has 0 amide bonds. The summed E-state index contributed by atoms with van der Waals surface area (Å²) in [5.41, 5.74) is 0. The molecule has 0 aliphatic carbocycles.